The lowest BCUT2D eigenvalue weighted by molar-refractivity contribution is 0.627. The van der Waals surface area contributed by atoms with Gasteiger partial charge < -0.3 is 0 Å². The Morgan fingerprint density at radius 2 is 1.83 bits per heavy atom. The molecule has 0 saturated carbocycles. The SMILES string of the molecule is C=C(C)CSc1nnc(-c2ccncc2)n1-c1ccc(F)cc1. The maximum Gasteiger partial charge on any atom is 0.196 e. The molecular formula is C17H15FN4S. The molecule has 1 aromatic carbocycles. The van der Waals surface area contributed by atoms with E-state index < -0.39 is 0 Å². The summed E-state index contributed by atoms with van der Waals surface area (Å²) in [5, 5.41) is 9.33. The zero-order valence-electron chi connectivity index (χ0n) is 12.6. The van der Waals surface area contributed by atoms with E-state index in [0.717, 1.165) is 27.7 Å². The summed E-state index contributed by atoms with van der Waals surface area (Å²) in [4.78, 5) is 4.03. The molecule has 2 aromatic heterocycles. The number of halogens is 1. The summed E-state index contributed by atoms with van der Waals surface area (Å²) in [6.07, 6.45) is 3.42. The fraction of sp³-hybridized carbons (Fsp3) is 0.118. The number of pyridine rings is 1. The zero-order chi connectivity index (χ0) is 16.2. The van der Waals surface area contributed by atoms with Gasteiger partial charge in [0.05, 0.1) is 0 Å². The van der Waals surface area contributed by atoms with E-state index in [2.05, 4.69) is 21.8 Å². The molecule has 6 heteroatoms. The molecule has 0 aliphatic heterocycles. The number of aromatic nitrogens is 4. The first-order chi connectivity index (χ1) is 11.1. The third-order valence-corrected chi connectivity index (χ3v) is 4.26. The van der Waals surface area contributed by atoms with Crippen LogP contribution >= 0.6 is 11.8 Å². The molecule has 0 radical (unpaired) electrons. The number of nitrogens with zero attached hydrogens (tertiary/aromatic N) is 4. The third-order valence-electron chi connectivity index (χ3n) is 3.10. The number of rotatable bonds is 5. The molecular weight excluding hydrogens is 311 g/mol. The molecule has 0 amide bonds. The lowest BCUT2D eigenvalue weighted by Crippen LogP contribution is -2.00. The predicted molar refractivity (Wildman–Crippen MR) is 90.1 cm³/mol. The van der Waals surface area contributed by atoms with Gasteiger partial charge in [0.1, 0.15) is 5.82 Å². The highest BCUT2D eigenvalue weighted by Gasteiger charge is 2.16. The highest BCUT2D eigenvalue weighted by molar-refractivity contribution is 7.99. The van der Waals surface area contributed by atoms with Gasteiger partial charge in [-0.15, -0.1) is 10.2 Å². The molecule has 2 heterocycles. The van der Waals surface area contributed by atoms with Crippen LogP contribution in [0.25, 0.3) is 17.1 Å². The van der Waals surface area contributed by atoms with Gasteiger partial charge in [0.15, 0.2) is 11.0 Å². The van der Waals surface area contributed by atoms with Gasteiger partial charge in [-0.25, -0.2) is 4.39 Å². The summed E-state index contributed by atoms with van der Waals surface area (Å²) in [5.74, 6) is 1.17. The van der Waals surface area contributed by atoms with Crippen molar-refractivity contribution < 1.29 is 4.39 Å². The van der Waals surface area contributed by atoms with Crippen LogP contribution in [-0.4, -0.2) is 25.5 Å². The van der Waals surface area contributed by atoms with Crippen molar-refractivity contribution in [3.05, 3.63) is 66.8 Å². The summed E-state index contributed by atoms with van der Waals surface area (Å²) >= 11 is 1.55. The Balaban J connectivity index is 2.10. The van der Waals surface area contributed by atoms with E-state index in [4.69, 9.17) is 0 Å². The summed E-state index contributed by atoms with van der Waals surface area (Å²) in [5.41, 5.74) is 2.76. The van der Waals surface area contributed by atoms with Crippen molar-refractivity contribution in [2.75, 3.05) is 5.75 Å². The molecule has 0 fully saturated rings. The molecule has 0 bridgehead atoms. The molecule has 0 aliphatic rings. The van der Waals surface area contributed by atoms with Gasteiger partial charge in [0.2, 0.25) is 0 Å². The van der Waals surface area contributed by atoms with Crippen LogP contribution in [0.5, 0.6) is 0 Å². The number of benzene rings is 1. The van der Waals surface area contributed by atoms with E-state index >= 15 is 0 Å². The number of thioether (sulfide) groups is 1. The fourth-order valence-corrected chi connectivity index (χ4v) is 2.86. The first kappa shape index (κ1) is 15.4. The van der Waals surface area contributed by atoms with Crippen molar-refractivity contribution in [3.63, 3.8) is 0 Å². The van der Waals surface area contributed by atoms with Gasteiger partial charge in [-0.2, -0.15) is 0 Å². The zero-order valence-corrected chi connectivity index (χ0v) is 13.4. The van der Waals surface area contributed by atoms with Gasteiger partial charge in [0.25, 0.3) is 0 Å². The maximum absolute atomic E-state index is 13.2. The topological polar surface area (TPSA) is 43.6 Å². The summed E-state index contributed by atoms with van der Waals surface area (Å²) in [6, 6.07) is 10.0. The van der Waals surface area contributed by atoms with Crippen molar-refractivity contribution in [1.82, 2.24) is 19.7 Å². The summed E-state index contributed by atoms with van der Waals surface area (Å²) < 4.78 is 15.2. The minimum Gasteiger partial charge on any atom is -0.270 e. The van der Waals surface area contributed by atoms with Crippen molar-refractivity contribution in [2.24, 2.45) is 0 Å². The standard InChI is InChI=1S/C17H15FN4S/c1-12(2)11-23-17-21-20-16(13-7-9-19-10-8-13)22(17)15-5-3-14(18)4-6-15/h3-10H,1,11H2,2H3. The Labute approximate surface area is 138 Å². The average molecular weight is 326 g/mol. The van der Waals surface area contributed by atoms with Crippen LogP contribution < -0.4 is 0 Å². The molecule has 23 heavy (non-hydrogen) atoms. The Morgan fingerprint density at radius 3 is 2.48 bits per heavy atom. The van der Waals surface area contributed by atoms with Crippen molar-refractivity contribution >= 4 is 11.8 Å². The van der Waals surface area contributed by atoms with E-state index in [1.54, 1.807) is 36.3 Å². The van der Waals surface area contributed by atoms with Gasteiger partial charge >= 0.3 is 0 Å². The molecule has 0 unspecified atom stereocenters. The van der Waals surface area contributed by atoms with E-state index in [1.807, 2.05) is 23.6 Å². The fourth-order valence-electron chi connectivity index (χ4n) is 2.06. The van der Waals surface area contributed by atoms with Gasteiger partial charge in [-0.05, 0) is 43.3 Å². The summed E-state index contributed by atoms with van der Waals surface area (Å²) in [7, 11) is 0. The Kier molecular flexibility index (Phi) is 4.52. The molecule has 116 valence electrons. The lowest BCUT2D eigenvalue weighted by atomic mass is 10.2. The normalized spacial score (nSPS) is 10.7. The molecule has 0 saturated heterocycles. The highest BCUT2D eigenvalue weighted by atomic mass is 32.2. The van der Waals surface area contributed by atoms with Crippen LogP contribution in [0.15, 0.2) is 66.1 Å². The van der Waals surface area contributed by atoms with E-state index in [0.29, 0.717) is 5.82 Å². The van der Waals surface area contributed by atoms with E-state index in [-0.39, 0.29) is 5.82 Å². The van der Waals surface area contributed by atoms with Gasteiger partial charge in [0, 0.05) is 29.4 Å². The molecule has 3 rings (SSSR count). The minimum atomic E-state index is -0.275. The Bertz CT molecular complexity index is 812. The molecule has 0 spiro atoms. The van der Waals surface area contributed by atoms with Crippen LogP contribution in [0.4, 0.5) is 4.39 Å². The molecule has 0 aliphatic carbocycles. The first-order valence-electron chi connectivity index (χ1n) is 7.04. The Morgan fingerprint density at radius 1 is 1.13 bits per heavy atom. The van der Waals surface area contributed by atoms with Crippen LogP contribution in [0, 0.1) is 5.82 Å². The third kappa shape index (κ3) is 3.48. The monoisotopic (exact) mass is 326 g/mol. The highest BCUT2D eigenvalue weighted by Crippen LogP contribution is 2.28. The van der Waals surface area contributed by atoms with Crippen LogP contribution in [0.2, 0.25) is 0 Å². The Hall–Kier alpha value is -2.47. The number of hydrogen-bond donors (Lipinski definition) is 0. The van der Waals surface area contributed by atoms with Gasteiger partial charge in [-0.1, -0.05) is 23.9 Å². The van der Waals surface area contributed by atoms with Crippen LogP contribution in [-0.2, 0) is 0 Å². The van der Waals surface area contributed by atoms with Crippen LogP contribution in [0.1, 0.15) is 6.92 Å². The minimum absolute atomic E-state index is 0.275. The second-order valence-corrected chi connectivity index (χ2v) is 6.04. The predicted octanol–water partition coefficient (Wildman–Crippen LogP) is 4.14. The molecule has 3 aromatic rings. The largest absolute Gasteiger partial charge is 0.270 e. The second-order valence-electron chi connectivity index (χ2n) is 5.10. The van der Waals surface area contributed by atoms with Crippen LogP contribution in [0.3, 0.4) is 0 Å². The maximum atomic E-state index is 13.2. The molecule has 0 N–H and O–H groups in total. The van der Waals surface area contributed by atoms with E-state index in [1.165, 1.54) is 12.1 Å². The van der Waals surface area contributed by atoms with Crippen molar-refractivity contribution in [3.8, 4) is 17.1 Å². The van der Waals surface area contributed by atoms with Crippen molar-refractivity contribution in [2.45, 2.75) is 12.1 Å². The van der Waals surface area contributed by atoms with Gasteiger partial charge in [-0.3, -0.25) is 9.55 Å². The quantitative estimate of drug-likeness (QED) is 0.522. The number of hydrogen-bond acceptors (Lipinski definition) is 4. The average Bonchev–Trinajstić information content (AvgIpc) is 2.98. The lowest BCUT2D eigenvalue weighted by Gasteiger charge is -2.10. The smallest absolute Gasteiger partial charge is 0.196 e. The van der Waals surface area contributed by atoms with E-state index in [9.17, 15) is 4.39 Å². The summed E-state index contributed by atoms with van der Waals surface area (Å²) in [6.45, 7) is 5.88. The molecule has 0 atom stereocenters. The first-order valence-corrected chi connectivity index (χ1v) is 8.02. The molecule has 4 nitrogen and oxygen atoms in total. The van der Waals surface area contributed by atoms with Crippen molar-refractivity contribution in [1.29, 1.82) is 0 Å². The second kappa shape index (κ2) is 6.75.